The van der Waals surface area contributed by atoms with Gasteiger partial charge in [0.05, 0.1) is 0 Å². The van der Waals surface area contributed by atoms with Gasteiger partial charge >= 0.3 is 0 Å². The lowest BCUT2D eigenvalue weighted by Gasteiger charge is -2.27. The molecule has 0 radical (unpaired) electrons. The molecule has 1 nitrogen and oxygen atoms in total. The van der Waals surface area contributed by atoms with Crippen molar-refractivity contribution >= 4 is 5.69 Å². The number of benzene rings is 1. The van der Waals surface area contributed by atoms with E-state index in [0.717, 1.165) is 0 Å². The van der Waals surface area contributed by atoms with Crippen LogP contribution < -0.4 is 4.90 Å². The maximum atomic E-state index is 2.35. The van der Waals surface area contributed by atoms with Gasteiger partial charge in [-0.25, -0.2) is 0 Å². The molecule has 0 N–H and O–H groups in total. The zero-order valence-corrected chi connectivity index (χ0v) is 9.80. The smallest absolute Gasteiger partial charge is 0.0398 e. The highest BCUT2D eigenvalue weighted by Gasteiger charge is 2.12. The molecule has 0 saturated heterocycles. The predicted octanol–water partition coefficient (Wildman–Crippen LogP) is 3.40. The molecule has 14 heavy (non-hydrogen) atoms. The second kappa shape index (κ2) is 5.04. The average Bonchev–Trinajstić information content (AvgIpc) is 2.22. The molecular weight excluding hydrogens is 170 g/mol. The molecule has 78 valence electrons. The van der Waals surface area contributed by atoms with Crippen LogP contribution in [0.4, 0.5) is 5.69 Å². The summed E-state index contributed by atoms with van der Waals surface area (Å²) in [5.41, 5.74) is 4.30. The van der Waals surface area contributed by atoms with Gasteiger partial charge in [-0.15, -0.1) is 0 Å². The van der Waals surface area contributed by atoms with Gasteiger partial charge in [-0.3, -0.25) is 0 Å². The molecule has 0 atom stereocenters. The van der Waals surface area contributed by atoms with Crippen molar-refractivity contribution in [1.82, 2.24) is 0 Å². The van der Waals surface area contributed by atoms with Crippen molar-refractivity contribution in [2.75, 3.05) is 18.5 Å². The van der Waals surface area contributed by atoms with Crippen LogP contribution in [-0.4, -0.2) is 13.6 Å². The van der Waals surface area contributed by atoms with Crippen LogP contribution in [-0.2, 0) is 6.42 Å². The normalized spacial score (nSPS) is 14.1. The molecule has 1 aliphatic rings. The Balaban J connectivity index is 0.000000461. The molecule has 1 aliphatic heterocycles. The van der Waals surface area contributed by atoms with Crippen molar-refractivity contribution < 1.29 is 0 Å². The minimum atomic E-state index is 1.20. The minimum Gasteiger partial charge on any atom is -0.374 e. The van der Waals surface area contributed by atoms with Gasteiger partial charge in [0.1, 0.15) is 0 Å². The molecule has 0 spiro atoms. The van der Waals surface area contributed by atoms with E-state index in [4.69, 9.17) is 0 Å². The number of hydrogen-bond acceptors (Lipinski definition) is 1. The van der Waals surface area contributed by atoms with Crippen molar-refractivity contribution in [1.29, 1.82) is 0 Å². The lowest BCUT2D eigenvalue weighted by molar-refractivity contribution is 0.744. The quantitative estimate of drug-likeness (QED) is 0.607. The van der Waals surface area contributed by atoms with Crippen LogP contribution in [0, 0.1) is 6.92 Å². The first-order valence-electron chi connectivity index (χ1n) is 5.58. The molecule has 1 heteroatoms. The molecule has 1 heterocycles. The molecule has 0 fully saturated rings. The van der Waals surface area contributed by atoms with Gasteiger partial charge in [0.25, 0.3) is 0 Å². The lowest BCUT2D eigenvalue weighted by Crippen LogP contribution is -2.24. The van der Waals surface area contributed by atoms with Gasteiger partial charge in [-0.2, -0.15) is 0 Å². The van der Waals surface area contributed by atoms with E-state index in [1.54, 1.807) is 0 Å². The third-order valence-electron chi connectivity index (χ3n) is 2.59. The summed E-state index contributed by atoms with van der Waals surface area (Å²) in [5, 5.41) is 0. The third kappa shape index (κ3) is 2.28. The van der Waals surface area contributed by atoms with E-state index in [9.17, 15) is 0 Å². The van der Waals surface area contributed by atoms with E-state index < -0.39 is 0 Å². The van der Waals surface area contributed by atoms with Crippen LogP contribution in [0.15, 0.2) is 18.2 Å². The Morgan fingerprint density at radius 2 is 1.93 bits per heavy atom. The fourth-order valence-corrected chi connectivity index (χ4v) is 1.87. The van der Waals surface area contributed by atoms with Crippen molar-refractivity contribution in [3.63, 3.8) is 0 Å². The molecule has 0 amide bonds. The molecule has 0 saturated carbocycles. The summed E-state index contributed by atoms with van der Waals surface area (Å²) in [4.78, 5) is 2.35. The van der Waals surface area contributed by atoms with Gasteiger partial charge in [-0.05, 0) is 37.0 Å². The SMILES string of the molecule is CC.Cc1ccc2c(c1)N(C)CCC2. The molecule has 0 aliphatic carbocycles. The minimum absolute atomic E-state index is 1.20. The van der Waals surface area contributed by atoms with Crippen LogP contribution in [0.25, 0.3) is 0 Å². The van der Waals surface area contributed by atoms with Gasteiger partial charge < -0.3 is 4.90 Å². The van der Waals surface area contributed by atoms with Crippen molar-refractivity contribution in [2.24, 2.45) is 0 Å². The summed E-state index contributed by atoms with van der Waals surface area (Å²) in [6.45, 7) is 7.36. The summed E-state index contributed by atoms with van der Waals surface area (Å²) >= 11 is 0. The van der Waals surface area contributed by atoms with Crippen molar-refractivity contribution in [3.8, 4) is 0 Å². The second-order valence-corrected chi connectivity index (χ2v) is 3.66. The monoisotopic (exact) mass is 191 g/mol. The molecule has 0 unspecified atom stereocenters. The number of nitrogens with zero attached hydrogens (tertiary/aromatic N) is 1. The Hall–Kier alpha value is -0.980. The maximum absolute atomic E-state index is 2.35. The van der Waals surface area contributed by atoms with E-state index in [1.165, 1.54) is 36.2 Å². The molecule has 0 bridgehead atoms. The molecule has 0 aromatic heterocycles. The first-order chi connectivity index (χ1) is 6.77. The largest absolute Gasteiger partial charge is 0.374 e. The lowest BCUT2D eigenvalue weighted by atomic mass is 10.0. The van der Waals surface area contributed by atoms with Gasteiger partial charge in [-0.1, -0.05) is 26.0 Å². The van der Waals surface area contributed by atoms with Crippen LogP contribution in [0.5, 0.6) is 0 Å². The summed E-state index contributed by atoms with van der Waals surface area (Å²) < 4.78 is 0. The fraction of sp³-hybridized carbons (Fsp3) is 0.538. The van der Waals surface area contributed by atoms with Crippen LogP contribution in [0.2, 0.25) is 0 Å². The number of anilines is 1. The van der Waals surface area contributed by atoms with E-state index >= 15 is 0 Å². The molecule has 1 aromatic carbocycles. The second-order valence-electron chi connectivity index (χ2n) is 3.66. The summed E-state index contributed by atoms with van der Waals surface area (Å²) in [6, 6.07) is 6.76. The number of fused-ring (bicyclic) bond motifs is 1. The van der Waals surface area contributed by atoms with Crippen molar-refractivity contribution in [2.45, 2.75) is 33.6 Å². The Kier molecular flexibility index (Phi) is 3.99. The van der Waals surface area contributed by atoms with Crippen molar-refractivity contribution in [3.05, 3.63) is 29.3 Å². The van der Waals surface area contributed by atoms with E-state index in [-0.39, 0.29) is 0 Å². The first kappa shape index (κ1) is 11.1. The van der Waals surface area contributed by atoms with Gasteiger partial charge in [0.15, 0.2) is 0 Å². The first-order valence-corrected chi connectivity index (χ1v) is 5.58. The Labute approximate surface area is 87.7 Å². The topological polar surface area (TPSA) is 3.24 Å². The number of aryl methyl sites for hydroxylation is 2. The standard InChI is InChI=1S/C11H15N.C2H6/c1-9-5-6-10-4-3-7-12(2)11(10)8-9;1-2/h5-6,8H,3-4,7H2,1-2H3;1-2H3. The van der Waals surface area contributed by atoms with E-state index in [2.05, 4.69) is 37.1 Å². The Morgan fingerprint density at radius 1 is 1.21 bits per heavy atom. The highest BCUT2D eigenvalue weighted by molar-refractivity contribution is 5.56. The number of rotatable bonds is 0. The predicted molar refractivity (Wildman–Crippen MR) is 64.1 cm³/mol. The maximum Gasteiger partial charge on any atom is 0.0398 e. The van der Waals surface area contributed by atoms with Crippen LogP contribution in [0.3, 0.4) is 0 Å². The summed E-state index contributed by atoms with van der Waals surface area (Å²) in [6.07, 6.45) is 2.55. The number of hydrogen-bond donors (Lipinski definition) is 0. The third-order valence-corrected chi connectivity index (χ3v) is 2.59. The highest BCUT2D eigenvalue weighted by atomic mass is 15.1. The summed E-state index contributed by atoms with van der Waals surface area (Å²) in [7, 11) is 2.18. The highest BCUT2D eigenvalue weighted by Crippen LogP contribution is 2.26. The van der Waals surface area contributed by atoms with Gasteiger partial charge in [0, 0.05) is 19.3 Å². The molecule has 1 aromatic rings. The fourth-order valence-electron chi connectivity index (χ4n) is 1.87. The average molecular weight is 191 g/mol. The molecule has 2 rings (SSSR count). The van der Waals surface area contributed by atoms with Crippen LogP contribution in [0.1, 0.15) is 31.4 Å². The Morgan fingerprint density at radius 3 is 2.64 bits per heavy atom. The van der Waals surface area contributed by atoms with Gasteiger partial charge in [0.2, 0.25) is 0 Å². The zero-order valence-electron chi connectivity index (χ0n) is 9.80. The van der Waals surface area contributed by atoms with Crippen LogP contribution >= 0.6 is 0 Å². The molecular formula is C13H21N. The van der Waals surface area contributed by atoms with E-state index in [0.29, 0.717) is 0 Å². The summed E-state index contributed by atoms with van der Waals surface area (Å²) in [5.74, 6) is 0. The van der Waals surface area contributed by atoms with E-state index in [1.807, 2.05) is 13.8 Å². The Bertz CT molecular complexity index is 291. The zero-order chi connectivity index (χ0) is 10.6.